The Bertz CT molecular complexity index is 561. The molecule has 0 fully saturated rings. The molecular weight excluding hydrogens is 248 g/mol. The highest BCUT2D eigenvalue weighted by atomic mass is 32.2. The summed E-state index contributed by atoms with van der Waals surface area (Å²) in [7, 11) is 0. The molecule has 1 aromatic heterocycles. The second-order valence-corrected chi connectivity index (χ2v) is 4.66. The Labute approximate surface area is 110 Å². The second kappa shape index (κ2) is 5.27. The van der Waals surface area contributed by atoms with Gasteiger partial charge in [-0.15, -0.1) is 11.8 Å². The number of aryl methyl sites for hydroxylation is 1. The molecule has 2 rings (SSSR count). The Hall–Kier alpha value is -1.75. The van der Waals surface area contributed by atoms with Crippen LogP contribution in [0.15, 0.2) is 35.4 Å². The fourth-order valence-corrected chi connectivity index (χ4v) is 2.11. The molecule has 0 unspecified atom stereocenters. The second-order valence-electron chi connectivity index (χ2n) is 3.78. The topological polar surface area (TPSA) is 55.1 Å². The van der Waals surface area contributed by atoms with E-state index in [1.807, 2.05) is 37.4 Å². The van der Waals surface area contributed by atoms with Crippen molar-refractivity contribution < 1.29 is 9.90 Å². The van der Waals surface area contributed by atoms with Crippen LogP contribution in [0.25, 0.3) is 11.3 Å². The monoisotopic (exact) mass is 262 g/mol. The molecule has 1 heterocycles. The average Bonchev–Trinajstić information content (AvgIpc) is 2.83. The minimum Gasteiger partial charge on any atom is -0.478 e. The van der Waals surface area contributed by atoms with Gasteiger partial charge < -0.3 is 5.11 Å². The first-order valence-electron chi connectivity index (χ1n) is 5.61. The van der Waals surface area contributed by atoms with Crippen LogP contribution in [-0.4, -0.2) is 27.1 Å². The fourth-order valence-electron chi connectivity index (χ4n) is 1.70. The predicted octanol–water partition coefficient (Wildman–Crippen LogP) is 2.99. The van der Waals surface area contributed by atoms with E-state index in [4.69, 9.17) is 0 Å². The molecule has 0 aliphatic rings. The van der Waals surface area contributed by atoms with Gasteiger partial charge in [0, 0.05) is 23.2 Å². The molecule has 2 aromatic rings. The van der Waals surface area contributed by atoms with E-state index in [1.165, 1.54) is 0 Å². The quantitative estimate of drug-likeness (QED) is 0.861. The van der Waals surface area contributed by atoms with Gasteiger partial charge in [0.05, 0.1) is 0 Å². The van der Waals surface area contributed by atoms with E-state index in [2.05, 4.69) is 5.10 Å². The lowest BCUT2D eigenvalue weighted by Crippen LogP contribution is -1.96. The summed E-state index contributed by atoms with van der Waals surface area (Å²) in [5.74, 6) is -0.946. The van der Waals surface area contributed by atoms with Gasteiger partial charge in [-0.05, 0) is 25.3 Å². The number of rotatable bonds is 4. The number of carboxylic acid groups (broad SMARTS) is 1. The maximum atomic E-state index is 11.2. The largest absolute Gasteiger partial charge is 0.478 e. The number of benzene rings is 1. The van der Waals surface area contributed by atoms with E-state index in [1.54, 1.807) is 22.6 Å². The van der Waals surface area contributed by atoms with Gasteiger partial charge in [0.1, 0.15) is 11.3 Å². The summed E-state index contributed by atoms with van der Waals surface area (Å²) in [5.41, 5.74) is 1.60. The first-order valence-corrected chi connectivity index (χ1v) is 6.83. The lowest BCUT2D eigenvalue weighted by molar-refractivity contribution is 0.0697. The highest BCUT2D eigenvalue weighted by Crippen LogP contribution is 2.24. The molecule has 94 valence electrons. The van der Waals surface area contributed by atoms with E-state index in [9.17, 15) is 9.90 Å². The highest BCUT2D eigenvalue weighted by Gasteiger charge is 2.16. The Morgan fingerprint density at radius 1 is 1.39 bits per heavy atom. The molecule has 18 heavy (non-hydrogen) atoms. The van der Waals surface area contributed by atoms with Gasteiger partial charge in [0.15, 0.2) is 0 Å². The summed E-state index contributed by atoms with van der Waals surface area (Å²) in [6.07, 6.45) is 3.57. The van der Waals surface area contributed by atoms with Gasteiger partial charge in [0.25, 0.3) is 0 Å². The Balaban J connectivity index is 2.47. The van der Waals surface area contributed by atoms with Crippen molar-refractivity contribution in [2.24, 2.45) is 0 Å². The number of aromatic nitrogens is 2. The van der Waals surface area contributed by atoms with Crippen LogP contribution >= 0.6 is 11.8 Å². The van der Waals surface area contributed by atoms with Gasteiger partial charge >= 0.3 is 5.97 Å². The molecule has 5 heteroatoms. The van der Waals surface area contributed by atoms with E-state index >= 15 is 0 Å². The molecule has 0 aliphatic heterocycles. The van der Waals surface area contributed by atoms with Gasteiger partial charge in [-0.25, -0.2) is 4.79 Å². The lowest BCUT2D eigenvalue weighted by atomic mass is 10.1. The fraction of sp³-hybridized carbons (Fsp3) is 0.231. The molecule has 0 amide bonds. The molecule has 0 saturated heterocycles. The first kappa shape index (κ1) is 12.7. The third-order valence-corrected chi connectivity index (χ3v) is 3.42. The molecular formula is C13H14N2O2S. The zero-order valence-corrected chi connectivity index (χ0v) is 11.1. The SMILES string of the molecule is CCn1cc(C(=O)O)c(-c2ccc(SC)cc2)n1. The minimum atomic E-state index is -0.946. The summed E-state index contributed by atoms with van der Waals surface area (Å²) in [5, 5.41) is 13.5. The van der Waals surface area contributed by atoms with Crippen LogP contribution in [0.2, 0.25) is 0 Å². The first-order chi connectivity index (χ1) is 8.65. The van der Waals surface area contributed by atoms with E-state index in [-0.39, 0.29) is 5.56 Å². The average molecular weight is 262 g/mol. The predicted molar refractivity (Wildman–Crippen MR) is 72.1 cm³/mol. The highest BCUT2D eigenvalue weighted by molar-refractivity contribution is 7.98. The molecule has 0 bridgehead atoms. The van der Waals surface area contributed by atoms with Gasteiger partial charge in [-0.2, -0.15) is 5.10 Å². The molecule has 1 N–H and O–H groups in total. The van der Waals surface area contributed by atoms with E-state index < -0.39 is 5.97 Å². The number of carboxylic acids is 1. The van der Waals surface area contributed by atoms with E-state index in [0.717, 1.165) is 10.5 Å². The van der Waals surface area contributed by atoms with Crippen LogP contribution in [0.3, 0.4) is 0 Å². The lowest BCUT2D eigenvalue weighted by Gasteiger charge is -2.00. The molecule has 0 radical (unpaired) electrons. The maximum absolute atomic E-state index is 11.2. The van der Waals surface area contributed by atoms with Gasteiger partial charge in [-0.1, -0.05) is 12.1 Å². The molecule has 0 saturated carbocycles. The number of carbonyl (C=O) groups is 1. The molecule has 0 spiro atoms. The number of hydrogen-bond donors (Lipinski definition) is 1. The standard InChI is InChI=1S/C13H14N2O2S/c1-3-15-8-11(13(16)17)12(14-15)9-4-6-10(18-2)7-5-9/h4-8H,3H2,1-2H3,(H,16,17). The van der Waals surface area contributed by atoms with Crippen molar-refractivity contribution >= 4 is 17.7 Å². The van der Waals surface area contributed by atoms with Crippen molar-refractivity contribution in [3.8, 4) is 11.3 Å². The summed E-state index contributed by atoms with van der Waals surface area (Å²) >= 11 is 1.65. The summed E-state index contributed by atoms with van der Waals surface area (Å²) < 4.78 is 1.64. The van der Waals surface area contributed by atoms with Crippen molar-refractivity contribution in [1.29, 1.82) is 0 Å². The third kappa shape index (κ3) is 2.41. The zero-order valence-electron chi connectivity index (χ0n) is 10.3. The smallest absolute Gasteiger partial charge is 0.339 e. The molecule has 1 aromatic carbocycles. The Morgan fingerprint density at radius 3 is 2.56 bits per heavy atom. The minimum absolute atomic E-state index is 0.244. The van der Waals surface area contributed by atoms with Crippen molar-refractivity contribution in [3.05, 3.63) is 36.0 Å². The van der Waals surface area contributed by atoms with Crippen molar-refractivity contribution in [3.63, 3.8) is 0 Å². The van der Waals surface area contributed by atoms with Crippen LogP contribution < -0.4 is 0 Å². The summed E-state index contributed by atoms with van der Waals surface area (Å²) in [6.45, 7) is 2.59. The molecule has 4 nitrogen and oxygen atoms in total. The third-order valence-electron chi connectivity index (χ3n) is 2.68. The number of hydrogen-bond acceptors (Lipinski definition) is 3. The normalized spacial score (nSPS) is 10.6. The van der Waals surface area contributed by atoms with Gasteiger partial charge in [-0.3, -0.25) is 4.68 Å². The van der Waals surface area contributed by atoms with Crippen molar-refractivity contribution in [2.45, 2.75) is 18.4 Å². The number of aromatic carboxylic acids is 1. The summed E-state index contributed by atoms with van der Waals surface area (Å²) in [6, 6.07) is 7.74. The van der Waals surface area contributed by atoms with Crippen molar-refractivity contribution in [2.75, 3.05) is 6.26 Å². The molecule has 0 aliphatic carbocycles. The number of nitrogens with zero attached hydrogens (tertiary/aromatic N) is 2. The van der Waals surface area contributed by atoms with Crippen LogP contribution in [0.5, 0.6) is 0 Å². The van der Waals surface area contributed by atoms with Crippen LogP contribution in [0.4, 0.5) is 0 Å². The van der Waals surface area contributed by atoms with Gasteiger partial charge in [0.2, 0.25) is 0 Å². The molecule has 0 atom stereocenters. The van der Waals surface area contributed by atoms with Crippen LogP contribution in [-0.2, 0) is 6.54 Å². The number of thioether (sulfide) groups is 1. The Kier molecular flexibility index (Phi) is 3.72. The maximum Gasteiger partial charge on any atom is 0.339 e. The zero-order chi connectivity index (χ0) is 13.1. The Morgan fingerprint density at radius 2 is 2.06 bits per heavy atom. The summed E-state index contributed by atoms with van der Waals surface area (Å²) in [4.78, 5) is 12.3. The van der Waals surface area contributed by atoms with E-state index in [0.29, 0.717) is 12.2 Å². The van der Waals surface area contributed by atoms with Crippen LogP contribution in [0.1, 0.15) is 17.3 Å². The van der Waals surface area contributed by atoms with Crippen molar-refractivity contribution in [1.82, 2.24) is 9.78 Å². The van der Waals surface area contributed by atoms with Crippen LogP contribution in [0, 0.1) is 0 Å².